The highest BCUT2D eigenvalue weighted by Gasteiger charge is 2.07. The van der Waals surface area contributed by atoms with Gasteiger partial charge in [0, 0.05) is 12.6 Å². The summed E-state index contributed by atoms with van der Waals surface area (Å²) in [5.74, 6) is 0.252. The first-order chi connectivity index (χ1) is 11.6. The van der Waals surface area contributed by atoms with Gasteiger partial charge in [0.25, 0.3) is 0 Å². The molecule has 1 heterocycles. The van der Waals surface area contributed by atoms with Crippen LogP contribution in [0.3, 0.4) is 0 Å². The zero-order valence-electron chi connectivity index (χ0n) is 12.2. The lowest BCUT2D eigenvalue weighted by Crippen LogP contribution is -2.04. The first-order valence-corrected chi connectivity index (χ1v) is 7.65. The van der Waals surface area contributed by atoms with Crippen LogP contribution in [0.15, 0.2) is 47.6 Å². The third-order valence-electron chi connectivity index (χ3n) is 3.08. The van der Waals surface area contributed by atoms with Crippen LogP contribution in [0, 0.1) is 5.82 Å². The summed E-state index contributed by atoms with van der Waals surface area (Å²) in [7, 11) is 0. The molecule has 24 heavy (non-hydrogen) atoms. The van der Waals surface area contributed by atoms with Crippen LogP contribution in [0.2, 0.25) is 10.0 Å². The van der Waals surface area contributed by atoms with Crippen LogP contribution in [0.5, 0.6) is 0 Å². The summed E-state index contributed by atoms with van der Waals surface area (Å²) in [6.45, 7) is 0. The van der Waals surface area contributed by atoms with Crippen LogP contribution in [0.25, 0.3) is 5.69 Å². The van der Waals surface area contributed by atoms with Crippen molar-refractivity contribution >= 4 is 35.1 Å². The molecule has 0 atom stereocenters. The van der Waals surface area contributed by atoms with E-state index >= 15 is 0 Å². The van der Waals surface area contributed by atoms with E-state index in [1.807, 2.05) is 0 Å². The van der Waals surface area contributed by atoms with E-state index in [0.29, 0.717) is 33.7 Å². The van der Waals surface area contributed by atoms with Crippen molar-refractivity contribution in [3.8, 4) is 5.69 Å². The molecular formula is C15H11Cl2FN6. The lowest BCUT2D eigenvalue weighted by Gasteiger charge is -2.03. The quantitative estimate of drug-likeness (QED) is 0.552. The maximum atomic E-state index is 13.0. The van der Waals surface area contributed by atoms with Crippen molar-refractivity contribution in [3.05, 3.63) is 64.2 Å². The number of hydrogen-bond donors (Lipinski definition) is 1. The molecule has 0 spiro atoms. The largest absolute Gasteiger partial charge is 0.279 e. The van der Waals surface area contributed by atoms with Gasteiger partial charge in [-0.3, -0.25) is 5.43 Å². The summed E-state index contributed by atoms with van der Waals surface area (Å²) >= 11 is 11.8. The van der Waals surface area contributed by atoms with Gasteiger partial charge in [-0.2, -0.15) is 9.78 Å². The van der Waals surface area contributed by atoms with Crippen LogP contribution in [-0.4, -0.2) is 26.4 Å². The average Bonchev–Trinajstić information content (AvgIpc) is 3.04. The monoisotopic (exact) mass is 364 g/mol. The van der Waals surface area contributed by atoms with Gasteiger partial charge in [0.2, 0.25) is 0 Å². The Morgan fingerprint density at radius 1 is 1.12 bits per heavy atom. The fraction of sp³-hybridized carbons (Fsp3) is 0.0667. The highest BCUT2D eigenvalue weighted by atomic mass is 35.5. The number of rotatable bonds is 5. The Kier molecular flexibility index (Phi) is 5.02. The average molecular weight is 365 g/mol. The maximum absolute atomic E-state index is 13.0. The molecule has 0 radical (unpaired) electrons. The van der Waals surface area contributed by atoms with E-state index < -0.39 is 0 Å². The smallest absolute Gasteiger partial charge is 0.162 e. The van der Waals surface area contributed by atoms with Crippen molar-refractivity contribution in [3.63, 3.8) is 0 Å². The Labute approximate surface area is 146 Å². The molecule has 1 aromatic heterocycles. The summed E-state index contributed by atoms with van der Waals surface area (Å²) in [5, 5.41) is 16.5. The SMILES string of the molecule is Fc1ccc(-n2nnnc2C/C=N\Nc2ccc(Cl)c(Cl)c2)cc1. The number of aromatic nitrogens is 4. The highest BCUT2D eigenvalue weighted by Crippen LogP contribution is 2.24. The van der Waals surface area contributed by atoms with Gasteiger partial charge in [-0.1, -0.05) is 23.2 Å². The molecule has 0 amide bonds. The lowest BCUT2D eigenvalue weighted by atomic mass is 10.3. The second-order valence-corrected chi connectivity index (χ2v) is 5.55. The topological polar surface area (TPSA) is 68.0 Å². The van der Waals surface area contributed by atoms with E-state index in [2.05, 4.69) is 26.1 Å². The fourth-order valence-corrected chi connectivity index (χ4v) is 2.23. The zero-order chi connectivity index (χ0) is 16.9. The Hall–Kier alpha value is -2.51. The normalized spacial score (nSPS) is 11.1. The number of tetrazole rings is 1. The van der Waals surface area contributed by atoms with E-state index in [1.165, 1.54) is 16.8 Å². The number of hydrogen-bond acceptors (Lipinski definition) is 5. The molecule has 0 aliphatic heterocycles. The van der Waals surface area contributed by atoms with Crippen molar-refractivity contribution in [2.24, 2.45) is 5.10 Å². The first kappa shape index (κ1) is 16.4. The lowest BCUT2D eigenvalue weighted by molar-refractivity contribution is 0.626. The summed E-state index contributed by atoms with van der Waals surface area (Å²) < 4.78 is 14.5. The summed E-state index contributed by atoms with van der Waals surface area (Å²) in [4.78, 5) is 0. The molecule has 0 bridgehead atoms. The second kappa shape index (κ2) is 7.37. The number of hydrazone groups is 1. The van der Waals surface area contributed by atoms with E-state index in [-0.39, 0.29) is 5.82 Å². The number of halogens is 3. The number of nitrogens with one attached hydrogen (secondary N) is 1. The minimum Gasteiger partial charge on any atom is -0.279 e. The van der Waals surface area contributed by atoms with Gasteiger partial charge in [-0.25, -0.2) is 4.39 Å². The minimum atomic E-state index is -0.319. The van der Waals surface area contributed by atoms with Gasteiger partial charge < -0.3 is 0 Å². The first-order valence-electron chi connectivity index (χ1n) is 6.89. The van der Waals surface area contributed by atoms with Crippen LogP contribution >= 0.6 is 23.2 Å². The Bertz CT molecular complexity index is 863. The molecule has 6 nitrogen and oxygen atoms in total. The van der Waals surface area contributed by atoms with Crippen molar-refractivity contribution in [2.75, 3.05) is 5.43 Å². The van der Waals surface area contributed by atoms with Crippen molar-refractivity contribution in [1.29, 1.82) is 0 Å². The minimum absolute atomic E-state index is 0.319. The summed E-state index contributed by atoms with van der Waals surface area (Å²) in [6, 6.07) is 11.0. The molecule has 0 unspecified atom stereocenters. The van der Waals surface area contributed by atoms with Crippen LogP contribution < -0.4 is 5.43 Å². The molecular weight excluding hydrogens is 354 g/mol. The summed E-state index contributed by atoms with van der Waals surface area (Å²) in [6.07, 6.45) is 2.01. The van der Waals surface area contributed by atoms with E-state index in [4.69, 9.17) is 23.2 Å². The molecule has 1 N–H and O–H groups in total. The predicted molar refractivity (Wildman–Crippen MR) is 91.4 cm³/mol. The third kappa shape index (κ3) is 3.87. The van der Waals surface area contributed by atoms with E-state index in [1.54, 1.807) is 36.5 Å². The van der Waals surface area contributed by atoms with Crippen molar-refractivity contribution in [2.45, 2.75) is 6.42 Å². The van der Waals surface area contributed by atoms with Crippen LogP contribution in [0.1, 0.15) is 5.82 Å². The standard InChI is InChI=1S/C15H11Cl2FN6/c16-13-6-3-11(9-14(13)17)20-19-8-7-15-21-22-23-24(15)12-4-1-10(18)2-5-12/h1-6,8-9,20H,7H2/b19-8-. The highest BCUT2D eigenvalue weighted by molar-refractivity contribution is 6.42. The fourth-order valence-electron chi connectivity index (χ4n) is 1.93. The molecule has 3 aromatic rings. The van der Waals surface area contributed by atoms with Gasteiger partial charge >= 0.3 is 0 Å². The number of anilines is 1. The second-order valence-electron chi connectivity index (χ2n) is 4.74. The molecule has 9 heteroatoms. The van der Waals surface area contributed by atoms with E-state index in [0.717, 1.165) is 0 Å². The van der Waals surface area contributed by atoms with E-state index in [9.17, 15) is 4.39 Å². The Balaban J connectivity index is 1.66. The number of nitrogens with zero attached hydrogens (tertiary/aromatic N) is 5. The van der Waals surface area contributed by atoms with Crippen molar-refractivity contribution in [1.82, 2.24) is 20.2 Å². The molecule has 0 aliphatic carbocycles. The zero-order valence-corrected chi connectivity index (χ0v) is 13.7. The van der Waals surface area contributed by atoms with Gasteiger partial charge in [0.15, 0.2) is 5.82 Å². The van der Waals surface area contributed by atoms with Crippen molar-refractivity contribution < 1.29 is 4.39 Å². The van der Waals surface area contributed by atoms with Gasteiger partial charge in [0.05, 0.1) is 21.4 Å². The van der Waals surface area contributed by atoms with Crippen LogP contribution in [0.4, 0.5) is 10.1 Å². The Morgan fingerprint density at radius 3 is 2.67 bits per heavy atom. The van der Waals surface area contributed by atoms with Crippen LogP contribution in [-0.2, 0) is 6.42 Å². The number of benzene rings is 2. The third-order valence-corrected chi connectivity index (χ3v) is 3.82. The maximum Gasteiger partial charge on any atom is 0.162 e. The molecule has 0 fully saturated rings. The van der Waals surface area contributed by atoms with Gasteiger partial charge in [0.1, 0.15) is 5.82 Å². The summed E-state index contributed by atoms with van der Waals surface area (Å²) in [5.41, 5.74) is 4.22. The molecule has 2 aromatic carbocycles. The predicted octanol–water partition coefficient (Wildman–Crippen LogP) is 3.75. The Morgan fingerprint density at radius 2 is 1.92 bits per heavy atom. The molecule has 122 valence electrons. The van der Waals surface area contributed by atoms with Gasteiger partial charge in [-0.05, 0) is 52.9 Å². The molecule has 0 saturated carbocycles. The molecule has 0 saturated heterocycles. The molecule has 0 aliphatic rings. The molecule has 3 rings (SSSR count). The van der Waals surface area contributed by atoms with Gasteiger partial charge in [-0.15, -0.1) is 5.10 Å².